The standard InChI is InChI=1S/C25H27N5O2/c1-24(8-9-24)23(32)29-12-10-25(2,11-13-29)30-15-17(27-28-30)14-16-6-7-20-21-18(16)4-3-5-19(21)22(31)26-20/h3-7,15H,8-14H2,1-2H3,(H,26,31). The summed E-state index contributed by atoms with van der Waals surface area (Å²) in [5.41, 5.74) is 3.42. The molecule has 2 amide bonds. The van der Waals surface area contributed by atoms with E-state index in [4.69, 9.17) is 0 Å². The molecule has 0 unspecified atom stereocenters. The summed E-state index contributed by atoms with van der Waals surface area (Å²) in [4.78, 5) is 26.9. The van der Waals surface area contributed by atoms with Gasteiger partial charge in [-0.1, -0.05) is 30.3 Å². The number of rotatable bonds is 4. The third-order valence-electron chi connectivity index (χ3n) is 7.73. The summed E-state index contributed by atoms with van der Waals surface area (Å²) < 4.78 is 1.99. The minimum atomic E-state index is -0.134. The van der Waals surface area contributed by atoms with E-state index in [0.29, 0.717) is 12.3 Å². The van der Waals surface area contributed by atoms with Gasteiger partial charge in [-0.3, -0.25) is 9.59 Å². The van der Waals surface area contributed by atoms with Crippen LogP contribution in [0.3, 0.4) is 0 Å². The normalized spacial score (nSPS) is 20.4. The summed E-state index contributed by atoms with van der Waals surface area (Å²) in [5.74, 6) is 0.279. The van der Waals surface area contributed by atoms with Crippen molar-refractivity contribution in [1.82, 2.24) is 19.9 Å². The first kappa shape index (κ1) is 19.5. The Morgan fingerprint density at radius 1 is 1.09 bits per heavy atom. The number of hydrogen-bond acceptors (Lipinski definition) is 4. The number of anilines is 1. The van der Waals surface area contributed by atoms with Crippen LogP contribution in [0, 0.1) is 5.41 Å². The summed E-state index contributed by atoms with van der Waals surface area (Å²) >= 11 is 0. The lowest BCUT2D eigenvalue weighted by Crippen LogP contribution is -2.48. The molecule has 0 spiro atoms. The van der Waals surface area contributed by atoms with E-state index >= 15 is 0 Å². The van der Waals surface area contributed by atoms with Crippen molar-refractivity contribution in [3.05, 3.63) is 53.3 Å². The van der Waals surface area contributed by atoms with E-state index in [-0.39, 0.29) is 16.9 Å². The van der Waals surface area contributed by atoms with Crippen molar-refractivity contribution >= 4 is 28.3 Å². The van der Waals surface area contributed by atoms with Gasteiger partial charge in [-0.05, 0) is 55.7 Å². The van der Waals surface area contributed by atoms with Crippen molar-refractivity contribution < 1.29 is 9.59 Å². The van der Waals surface area contributed by atoms with Gasteiger partial charge in [-0.2, -0.15) is 0 Å². The zero-order chi connectivity index (χ0) is 22.1. The highest BCUT2D eigenvalue weighted by molar-refractivity contribution is 6.24. The van der Waals surface area contributed by atoms with E-state index in [1.807, 2.05) is 34.0 Å². The molecule has 1 aliphatic carbocycles. The molecular formula is C25H27N5O2. The number of nitrogens with one attached hydrogen (secondary N) is 1. The number of carbonyl (C=O) groups is 2. The van der Waals surface area contributed by atoms with Crippen LogP contribution in [-0.2, 0) is 16.8 Å². The zero-order valence-electron chi connectivity index (χ0n) is 18.5. The summed E-state index contributed by atoms with van der Waals surface area (Å²) in [6, 6.07) is 9.92. The molecule has 0 radical (unpaired) electrons. The Labute approximate surface area is 186 Å². The maximum Gasteiger partial charge on any atom is 0.256 e. The van der Waals surface area contributed by atoms with Crippen molar-refractivity contribution in [3.63, 3.8) is 0 Å². The van der Waals surface area contributed by atoms with Gasteiger partial charge in [0.1, 0.15) is 0 Å². The topological polar surface area (TPSA) is 80.1 Å². The molecule has 1 saturated heterocycles. The predicted octanol–water partition coefficient (Wildman–Crippen LogP) is 3.73. The van der Waals surface area contributed by atoms with E-state index in [2.05, 4.69) is 41.6 Å². The second-order valence-corrected chi connectivity index (χ2v) is 10.1. The van der Waals surface area contributed by atoms with Gasteiger partial charge in [0.15, 0.2) is 0 Å². The van der Waals surface area contributed by atoms with Gasteiger partial charge in [-0.25, -0.2) is 4.68 Å². The van der Waals surface area contributed by atoms with E-state index in [1.165, 1.54) is 0 Å². The van der Waals surface area contributed by atoms with Crippen LogP contribution in [0.1, 0.15) is 61.1 Å². The van der Waals surface area contributed by atoms with Crippen LogP contribution in [0.4, 0.5) is 5.69 Å². The molecule has 32 heavy (non-hydrogen) atoms. The fourth-order valence-corrected chi connectivity index (χ4v) is 5.15. The quantitative estimate of drug-likeness (QED) is 0.685. The highest BCUT2D eigenvalue weighted by Crippen LogP contribution is 2.47. The van der Waals surface area contributed by atoms with Crippen LogP contribution in [0.25, 0.3) is 10.8 Å². The van der Waals surface area contributed by atoms with Crippen molar-refractivity contribution in [2.24, 2.45) is 5.41 Å². The minimum absolute atomic E-state index is 0.0397. The van der Waals surface area contributed by atoms with Gasteiger partial charge in [0.25, 0.3) is 5.91 Å². The first-order chi connectivity index (χ1) is 15.4. The number of aromatic nitrogens is 3. The fourth-order valence-electron chi connectivity index (χ4n) is 5.15. The molecule has 6 rings (SSSR count). The number of nitrogens with zero attached hydrogens (tertiary/aromatic N) is 4. The molecule has 7 heteroatoms. The first-order valence-corrected chi connectivity index (χ1v) is 11.4. The van der Waals surface area contributed by atoms with Gasteiger partial charge < -0.3 is 10.2 Å². The Morgan fingerprint density at radius 3 is 2.62 bits per heavy atom. The molecule has 2 aliphatic heterocycles. The van der Waals surface area contributed by atoms with E-state index in [1.54, 1.807) is 0 Å². The summed E-state index contributed by atoms with van der Waals surface area (Å²) in [6.45, 7) is 5.84. The molecule has 0 bridgehead atoms. The van der Waals surface area contributed by atoms with Crippen molar-refractivity contribution in [2.75, 3.05) is 18.4 Å². The molecule has 2 fully saturated rings. The highest BCUT2D eigenvalue weighted by Gasteiger charge is 2.48. The third kappa shape index (κ3) is 2.94. The lowest BCUT2D eigenvalue weighted by Gasteiger charge is -2.40. The van der Waals surface area contributed by atoms with Crippen LogP contribution in [0.5, 0.6) is 0 Å². The Morgan fingerprint density at radius 2 is 1.88 bits per heavy atom. The molecule has 164 valence electrons. The zero-order valence-corrected chi connectivity index (χ0v) is 18.5. The van der Waals surface area contributed by atoms with E-state index < -0.39 is 0 Å². The second-order valence-electron chi connectivity index (χ2n) is 10.1. The Balaban J connectivity index is 1.21. The Hall–Kier alpha value is -3.22. The monoisotopic (exact) mass is 429 g/mol. The molecule has 3 aromatic rings. The molecule has 7 nitrogen and oxygen atoms in total. The van der Waals surface area contributed by atoms with Gasteiger partial charge in [0, 0.05) is 47.8 Å². The largest absolute Gasteiger partial charge is 0.342 e. The average Bonchev–Trinajstić information content (AvgIpc) is 3.22. The van der Waals surface area contributed by atoms with Crippen LogP contribution in [-0.4, -0.2) is 44.8 Å². The number of benzene rings is 2. The van der Waals surface area contributed by atoms with E-state index in [0.717, 1.165) is 72.1 Å². The van der Waals surface area contributed by atoms with Crippen molar-refractivity contribution in [1.29, 1.82) is 0 Å². The molecular weight excluding hydrogens is 402 g/mol. The number of amides is 2. The Kier molecular flexibility index (Phi) is 4.04. The van der Waals surface area contributed by atoms with Crippen LogP contribution in [0.2, 0.25) is 0 Å². The van der Waals surface area contributed by atoms with E-state index in [9.17, 15) is 9.59 Å². The molecule has 3 heterocycles. The van der Waals surface area contributed by atoms with Crippen molar-refractivity contribution in [3.8, 4) is 0 Å². The number of likely N-dealkylation sites (tertiary alicyclic amines) is 1. The molecule has 1 saturated carbocycles. The van der Waals surface area contributed by atoms with Crippen molar-refractivity contribution in [2.45, 2.75) is 51.5 Å². The number of carbonyl (C=O) groups excluding carboxylic acids is 2. The minimum Gasteiger partial charge on any atom is -0.342 e. The summed E-state index contributed by atoms with van der Waals surface area (Å²) in [5, 5.41) is 14.0. The van der Waals surface area contributed by atoms with Gasteiger partial charge >= 0.3 is 0 Å². The first-order valence-electron chi connectivity index (χ1n) is 11.4. The smallest absolute Gasteiger partial charge is 0.256 e. The molecule has 1 aromatic heterocycles. The average molecular weight is 430 g/mol. The van der Waals surface area contributed by atoms with Gasteiger partial charge in [-0.15, -0.1) is 5.10 Å². The summed E-state index contributed by atoms with van der Waals surface area (Å²) in [6.07, 6.45) is 6.51. The molecule has 1 N–H and O–H groups in total. The predicted molar refractivity (Wildman–Crippen MR) is 122 cm³/mol. The maximum absolute atomic E-state index is 12.7. The number of piperidine rings is 1. The van der Waals surface area contributed by atoms with Gasteiger partial charge in [0.05, 0.1) is 11.2 Å². The fraction of sp³-hybridized carbons (Fsp3) is 0.440. The maximum atomic E-state index is 12.7. The molecule has 2 aromatic carbocycles. The highest BCUT2D eigenvalue weighted by atomic mass is 16.2. The number of hydrogen-bond donors (Lipinski definition) is 1. The lowest BCUT2D eigenvalue weighted by atomic mass is 9.89. The molecule has 0 atom stereocenters. The SMILES string of the molecule is CC1(C(=O)N2CCC(C)(n3cc(Cc4ccc5c6c(cccc46)C(=O)N5)nn3)CC2)CC1. The third-order valence-corrected chi connectivity index (χ3v) is 7.73. The summed E-state index contributed by atoms with van der Waals surface area (Å²) in [7, 11) is 0. The lowest BCUT2D eigenvalue weighted by molar-refractivity contribution is -0.138. The van der Waals surface area contributed by atoms with Crippen LogP contribution >= 0.6 is 0 Å². The van der Waals surface area contributed by atoms with Gasteiger partial charge in [0.2, 0.25) is 5.91 Å². The Bertz CT molecular complexity index is 1260. The van der Waals surface area contributed by atoms with Crippen LogP contribution in [0.15, 0.2) is 36.5 Å². The second kappa shape index (κ2) is 6.64. The molecule has 3 aliphatic rings. The van der Waals surface area contributed by atoms with Crippen LogP contribution < -0.4 is 5.32 Å².